The predicted octanol–water partition coefficient (Wildman–Crippen LogP) is 6.00. The molecule has 1 aliphatic rings. The summed E-state index contributed by atoms with van der Waals surface area (Å²) in [7, 11) is -1.51. The molecular weight excluding hydrogens is 562 g/mol. The molecule has 41 heavy (non-hydrogen) atoms. The van der Waals surface area contributed by atoms with Crippen LogP contribution in [0.5, 0.6) is 5.75 Å². The lowest BCUT2D eigenvalue weighted by atomic mass is 10.2. The van der Waals surface area contributed by atoms with Gasteiger partial charge in [-0.2, -0.15) is 4.98 Å². The normalized spacial score (nSPS) is 14.7. The molecule has 0 radical (unpaired) electrons. The van der Waals surface area contributed by atoms with Crippen molar-refractivity contribution < 1.29 is 13.2 Å². The lowest BCUT2D eigenvalue weighted by molar-refractivity contribution is 0.241. The van der Waals surface area contributed by atoms with Gasteiger partial charge in [-0.15, -0.1) is 0 Å². The Kier molecular flexibility index (Phi) is 9.20. The average molecular weight is 602 g/mol. The van der Waals surface area contributed by atoms with Crippen LogP contribution >= 0.6 is 11.6 Å². The third kappa shape index (κ3) is 7.72. The number of piperazine rings is 1. The van der Waals surface area contributed by atoms with Crippen molar-refractivity contribution in [3.05, 3.63) is 53.2 Å². The van der Waals surface area contributed by atoms with Gasteiger partial charge in [-0.3, -0.25) is 4.72 Å². The Morgan fingerprint density at radius 3 is 2.32 bits per heavy atom. The molecule has 0 aliphatic carbocycles. The van der Waals surface area contributed by atoms with Crippen LogP contribution in [-0.2, 0) is 10.0 Å². The second-order valence-electron chi connectivity index (χ2n) is 11.5. The third-order valence-corrected chi connectivity index (χ3v) is 9.10. The second-order valence-corrected chi connectivity index (χ2v) is 14.4. The van der Waals surface area contributed by atoms with Gasteiger partial charge in [0.2, 0.25) is 16.0 Å². The summed E-state index contributed by atoms with van der Waals surface area (Å²) in [5, 5.41) is 6.85. The standard InChI is InChI=1S/C29H40ClN7O3S/c1-19(2)40-26-17-22(9-11-25(26)37-14-12-36(7)13-15-37)33-28-31-18-20(3)27(34-28)32-21-8-10-23(30)24(16-21)35-41(38,39)29(4,5)6/h8-11,16-19,35H,12-15H2,1-7H3,(H2,31,32,33,34). The first-order chi connectivity index (χ1) is 19.2. The van der Waals surface area contributed by atoms with Crippen molar-refractivity contribution in [1.82, 2.24) is 14.9 Å². The van der Waals surface area contributed by atoms with Gasteiger partial charge in [-0.05, 0) is 78.9 Å². The minimum absolute atomic E-state index is 0.0278. The summed E-state index contributed by atoms with van der Waals surface area (Å²) < 4.78 is 33.2. The van der Waals surface area contributed by atoms with Crippen LogP contribution in [-0.4, -0.2) is 67.4 Å². The number of aromatic nitrogens is 2. The second kappa shape index (κ2) is 12.3. The minimum atomic E-state index is -3.65. The zero-order chi connectivity index (χ0) is 29.9. The average Bonchev–Trinajstić information content (AvgIpc) is 2.88. The van der Waals surface area contributed by atoms with Gasteiger partial charge in [0.1, 0.15) is 11.6 Å². The molecule has 4 rings (SSSR count). The summed E-state index contributed by atoms with van der Waals surface area (Å²) in [6.07, 6.45) is 1.75. The highest BCUT2D eigenvalue weighted by atomic mass is 35.5. The van der Waals surface area contributed by atoms with Gasteiger partial charge in [0.15, 0.2) is 0 Å². The van der Waals surface area contributed by atoms with Gasteiger partial charge in [-0.25, -0.2) is 13.4 Å². The van der Waals surface area contributed by atoms with E-state index in [1.54, 1.807) is 45.2 Å². The molecule has 0 saturated carbocycles. The molecule has 2 heterocycles. The maximum Gasteiger partial charge on any atom is 0.237 e. The number of likely N-dealkylation sites (N-methyl/N-ethyl adjacent to an activating group) is 1. The summed E-state index contributed by atoms with van der Waals surface area (Å²) in [6, 6.07) is 11.1. The number of aryl methyl sites for hydroxylation is 1. The van der Waals surface area contributed by atoms with Gasteiger partial charge in [0.05, 0.1) is 27.2 Å². The number of benzene rings is 2. The Hall–Kier alpha value is -3.28. The van der Waals surface area contributed by atoms with E-state index in [1.807, 2.05) is 32.9 Å². The van der Waals surface area contributed by atoms with E-state index in [-0.39, 0.29) is 11.8 Å². The fourth-order valence-corrected chi connectivity index (χ4v) is 5.11. The van der Waals surface area contributed by atoms with Crippen LogP contribution in [0.2, 0.25) is 5.02 Å². The molecule has 0 bridgehead atoms. The van der Waals surface area contributed by atoms with Crippen LogP contribution in [0.4, 0.5) is 34.5 Å². The third-order valence-electron chi connectivity index (χ3n) is 6.67. The van der Waals surface area contributed by atoms with Crippen molar-refractivity contribution in [3.63, 3.8) is 0 Å². The summed E-state index contributed by atoms with van der Waals surface area (Å²) in [4.78, 5) is 13.8. The fraction of sp³-hybridized carbons (Fsp3) is 0.448. The lowest BCUT2D eigenvalue weighted by Gasteiger charge is -2.35. The zero-order valence-electron chi connectivity index (χ0n) is 24.7. The van der Waals surface area contributed by atoms with Crippen molar-refractivity contribution in [2.45, 2.75) is 52.4 Å². The maximum atomic E-state index is 12.7. The highest BCUT2D eigenvalue weighted by molar-refractivity contribution is 7.94. The van der Waals surface area contributed by atoms with E-state index >= 15 is 0 Å². The van der Waals surface area contributed by atoms with E-state index in [1.165, 1.54) is 0 Å². The van der Waals surface area contributed by atoms with Crippen molar-refractivity contribution in [1.29, 1.82) is 0 Å². The monoisotopic (exact) mass is 601 g/mol. The van der Waals surface area contributed by atoms with Gasteiger partial charge in [0, 0.05) is 55.4 Å². The van der Waals surface area contributed by atoms with Crippen LogP contribution < -0.4 is 25.0 Å². The predicted molar refractivity (Wildman–Crippen MR) is 169 cm³/mol. The molecule has 222 valence electrons. The van der Waals surface area contributed by atoms with Gasteiger partial charge < -0.3 is 25.2 Å². The number of nitrogens with zero attached hydrogens (tertiary/aromatic N) is 4. The van der Waals surface area contributed by atoms with Crippen molar-refractivity contribution in [2.24, 2.45) is 0 Å². The summed E-state index contributed by atoms with van der Waals surface area (Å²) >= 11 is 6.31. The number of anilines is 6. The van der Waals surface area contributed by atoms with Crippen LogP contribution in [0, 0.1) is 6.92 Å². The van der Waals surface area contributed by atoms with Crippen molar-refractivity contribution >= 4 is 56.1 Å². The molecule has 12 heteroatoms. The molecule has 10 nitrogen and oxygen atoms in total. The van der Waals surface area contributed by atoms with E-state index in [9.17, 15) is 8.42 Å². The Morgan fingerprint density at radius 2 is 1.66 bits per heavy atom. The molecule has 1 saturated heterocycles. The number of nitrogens with one attached hydrogen (secondary N) is 3. The highest BCUT2D eigenvalue weighted by Gasteiger charge is 2.29. The minimum Gasteiger partial charge on any atom is -0.489 e. The van der Waals surface area contributed by atoms with E-state index in [0.29, 0.717) is 22.5 Å². The summed E-state index contributed by atoms with van der Waals surface area (Å²) in [6.45, 7) is 14.7. The quantitative estimate of drug-likeness (QED) is 0.272. The van der Waals surface area contributed by atoms with E-state index < -0.39 is 14.8 Å². The number of hydrogen-bond acceptors (Lipinski definition) is 9. The summed E-state index contributed by atoms with van der Waals surface area (Å²) in [5.41, 5.74) is 3.60. The Bertz CT molecular complexity index is 1480. The smallest absolute Gasteiger partial charge is 0.237 e. The first-order valence-corrected chi connectivity index (χ1v) is 15.5. The molecule has 1 fully saturated rings. The molecular formula is C29H40ClN7O3S. The lowest BCUT2D eigenvalue weighted by Crippen LogP contribution is -2.44. The van der Waals surface area contributed by atoms with Gasteiger partial charge >= 0.3 is 0 Å². The van der Waals surface area contributed by atoms with Crippen LogP contribution in [0.1, 0.15) is 40.2 Å². The van der Waals surface area contributed by atoms with E-state index in [4.69, 9.17) is 16.3 Å². The number of rotatable bonds is 9. The van der Waals surface area contributed by atoms with Crippen molar-refractivity contribution in [2.75, 3.05) is 53.5 Å². The first kappa shape index (κ1) is 30.7. The van der Waals surface area contributed by atoms with E-state index in [2.05, 4.69) is 48.2 Å². The fourth-order valence-electron chi connectivity index (χ4n) is 4.12. The van der Waals surface area contributed by atoms with Gasteiger partial charge in [-0.1, -0.05) is 11.6 Å². The largest absolute Gasteiger partial charge is 0.489 e. The maximum absolute atomic E-state index is 12.7. The van der Waals surface area contributed by atoms with Crippen LogP contribution in [0.15, 0.2) is 42.6 Å². The Balaban J connectivity index is 1.55. The molecule has 0 unspecified atom stereocenters. The SMILES string of the molecule is Cc1cnc(Nc2ccc(N3CCN(C)CC3)c(OC(C)C)c2)nc1Nc1ccc(Cl)c(NS(=O)(=O)C(C)(C)C)c1. The Labute approximate surface area is 248 Å². The molecule has 2 aromatic carbocycles. The summed E-state index contributed by atoms with van der Waals surface area (Å²) in [5.74, 6) is 1.79. The molecule has 1 aromatic heterocycles. The number of hydrogen-bond donors (Lipinski definition) is 3. The molecule has 3 aromatic rings. The number of sulfonamides is 1. The molecule has 0 spiro atoms. The first-order valence-electron chi connectivity index (χ1n) is 13.7. The van der Waals surface area contributed by atoms with Crippen LogP contribution in [0.3, 0.4) is 0 Å². The van der Waals surface area contributed by atoms with E-state index in [0.717, 1.165) is 48.9 Å². The number of ether oxygens (including phenoxy) is 1. The molecule has 0 amide bonds. The molecule has 0 atom stereocenters. The van der Waals surface area contributed by atoms with Crippen molar-refractivity contribution in [3.8, 4) is 5.75 Å². The molecule has 3 N–H and O–H groups in total. The number of halogens is 1. The topological polar surface area (TPSA) is 112 Å². The zero-order valence-corrected chi connectivity index (χ0v) is 26.3. The van der Waals surface area contributed by atoms with Crippen LogP contribution in [0.25, 0.3) is 0 Å². The Morgan fingerprint density at radius 1 is 1.00 bits per heavy atom. The molecule has 1 aliphatic heterocycles. The van der Waals surface area contributed by atoms with Gasteiger partial charge in [0.25, 0.3) is 0 Å². The highest BCUT2D eigenvalue weighted by Crippen LogP contribution is 2.34.